The topological polar surface area (TPSA) is 55.5 Å². The summed E-state index contributed by atoms with van der Waals surface area (Å²) in [7, 11) is 0. The van der Waals surface area contributed by atoms with Crippen molar-refractivity contribution in [1.82, 2.24) is 15.6 Å². The maximum absolute atomic E-state index is 4.82. The highest BCUT2D eigenvalue weighted by atomic mass is 15.2. The molecular weight excluding hydrogens is 346 g/mol. The molecule has 1 aromatic heterocycles. The van der Waals surface area contributed by atoms with Gasteiger partial charge in [-0.15, -0.1) is 0 Å². The van der Waals surface area contributed by atoms with Gasteiger partial charge >= 0.3 is 0 Å². The van der Waals surface area contributed by atoms with Gasteiger partial charge < -0.3 is 20.5 Å². The summed E-state index contributed by atoms with van der Waals surface area (Å²) in [5.41, 5.74) is 3.82. The van der Waals surface area contributed by atoms with Crippen molar-refractivity contribution in [3.05, 3.63) is 66.4 Å². The molecule has 1 atom stereocenters. The van der Waals surface area contributed by atoms with Crippen LogP contribution >= 0.6 is 0 Å². The predicted octanol–water partition coefficient (Wildman–Crippen LogP) is 3.54. The molecule has 0 spiro atoms. The SMILES string of the molecule is CCNC(=NCCc1c[nH]c2ccccc12)NC1CCN(c2ccccc2)C1. The Labute approximate surface area is 166 Å². The number of aromatic nitrogens is 1. The molecule has 0 bridgehead atoms. The molecule has 3 N–H and O–H groups in total. The molecule has 0 saturated carbocycles. The van der Waals surface area contributed by atoms with Crippen LogP contribution in [0.2, 0.25) is 0 Å². The Hall–Kier alpha value is -2.95. The smallest absolute Gasteiger partial charge is 0.191 e. The van der Waals surface area contributed by atoms with Crippen molar-refractivity contribution in [2.75, 3.05) is 31.1 Å². The fraction of sp³-hybridized carbons (Fsp3) is 0.348. The number of aliphatic imine (C=N–C) groups is 1. The lowest BCUT2D eigenvalue weighted by Gasteiger charge is -2.20. The van der Waals surface area contributed by atoms with Crippen LogP contribution in [0.3, 0.4) is 0 Å². The minimum absolute atomic E-state index is 0.422. The minimum Gasteiger partial charge on any atom is -0.369 e. The second kappa shape index (κ2) is 8.83. The fourth-order valence-electron chi connectivity index (χ4n) is 3.89. The number of guanidine groups is 1. The number of benzene rings is 2. The Morgan fingerprint density at radius 1 is 1.14 bits per heavy atom. The normalized spacial score (nSPS) is 17.2. The van der Waals surface area contributed by atoms with Gasteiger partial charge in [-0.05, 0) is 43.5 Å². The third-order valence-electron chi connectivity index (χ3n) is 5.32. The average Bonchev–Trinajstić information content (AvgIpc) is 3.36. The van der Waals surface area contributed by atoms with Crippen molar-refractivity contribution < 1.29 is 0 Å². The highest BCUT2D eigenvalue weighted by Gasteiger charge is 2.23. The molecule has 5 nitrogen and oxygen atoms in total. The highest BCUT2D eigenvalue weighted by molar-refractivity contribution is 5.83. The molecule has 4 rings (SSSR count). The molecule has 1 saturated heterocycles. The summed E-state index contributed by atoms with van der Waals surface area (Å²) < 4.78 is 0. The first-order chi connectivity index (χ1) is 13.8. The standard InChI is InChI=1S/C23H29N5/c1-2-24-23(25-14-12-18-16-26-22-11-7-6-10-21(18)22)27-19-13-15-28(17-19)20-8-4-3-5-9-20/h3-11,16,19,26H,2,12-15,17H2,1H3,(H2,24,25,27). The summed E-state index contributed by atoms with van der Waals surface area (Å²) in [5.74, 6) is 0.919. The lowest BCUT2D eigenvalue weighted by molar-refractivity contribution is 0.649. The number of anilines is 1. The average molecular weight is 376 g/mol. The van der Waals surface area contributed by atoms with Crippen LogP contribution in [-0.2, 0) is 6.42 Å². The molecule has 1 aliphatic rings. The van der Waals surface area contributed by atoms with E-state index in [0.29, 0.717) is 6.04 Å². The van der Waals surface area contributed by atoms with Crippen LogP contribution in [0.4, 0.5) is 5.69 Å². The number of hydrogen-bond acceptors (Lipinski definition) is 2. The third-order valence-corrected chi connectivity index (χ3v) is 5.32. The lowest BCUT2D eigenvalue weighted by atomic mass is 10.1. The summed E-state index contributed by atoms with van der Waals surface area (Å²) in [6.45, 7) is 5.84. The zero-order valence-electron chi connectivity index (χ0n) is 16.5. The zero-order valence-corrected chi connectivity index (χ0v) is 16.5. The third kappa shape index (κ3) is 4.30. The van der Waals surface area contributed by atoms with Crippen molar-refractivity contribution in [2.24, 2.45) is 4.99 Å². The van der Waals surface area contributed by atoms with Crippen LogP contribution in [0.25, 0.3) is 10.9 Å². The molecule has 0 amide bonds. The first-order valence-corrected chi connectivity index (χ1v) is 10.2. The number of nitrogens with zero attached hydrogens (tertiary/aromatic N) is 2. The molecule has 1 fully saturated rings. The largest absolute Gasteiger partial charge is 0.369 e. The fourth-order valence-corrected chi connectivity index (χ4v) is 3.89. The first kappa shape index (κ1) is 18.4. The monoisotopic (exact) mass is 375 g/mol. The zero-order chi connectivity index (χ0) is 19.2. The van der Waals surface area contributed by atoms with Crippen LogP contribution in [0.1, 0.15) is 18.9 Å². The van der Waals surface area contributed by atoms with Crippen LogP contribution in [0, 0.1) is 0 Å². The Bertz CT molecular complexity index is 915. The Kier molecular flexibility index (Phi) is 5.80. The number of rotatable bonds is 6. The van der Waals surface area contributed by atoms with Gasteiger partial charge in [-0.2, -0.15) is 0 Å². The Morgan fingerprint density at radius 2 is 1.96 bits per heavy atom. The van der Waals surface area contributed by atoms with Gasteiger partial charge in [0.05, 0.1) is 0 Å². The van der Waals surface area contributed by atoms with E-state index in [9.17, 15) is 0 Å². The van der Waals surface area contributed by atoms with Crippen LogP contribution < -0.4 is 15.5 Å². The van der Waals surface area contributed by atoms with Crippen molar-refractivity contribution in [3.8, 4) is 0 Å². The van der Waals surface area contributed by atoms with E-state index < -0.39 is 0 Å². The van der Waals surface area contributed by atoms with Crippen LogP contribution in [0.15, 0.2) is 65.8 Å². The molecule has 0 radical (unpaired) electrons. The number of para-hydroxylation sites is 2. The number of aromatic amines is 1. The van der Waals surface area contributed by atoms with E-state index in [-0.39, 0.29) is 0 Å². The summed E-state index contributed by atoms with van der Waals surface area (Å²) in [5, 5.41) is 8.31. The maximum Gasteiger partial charge on any atom is 0.191 e. The second-order valence-corrected chi connectivity index (χ2v) is 7.28. The quantitative estimate of drug-likeness (QED) is 0.456. The number of nitrogens with one attached hydrogen (secondary N) is 3. The van der Waals surface area contributed by atoms with Crippen molar-refractivity contribution >= 4 is 22.5 Å². The number of fused-ring (bicyclic) bond motifs is 1. The molecule has 28 heavy (non-hydrogen) atoms. The van der Waals surface area contributed by atoms with Gasteiger partial charge in [0.1, 0.15) is 0 Å². The van der Waals surface area contributed by atoms with E-state index in [1.54, 1.807) is 0 Å². The van der Waals surface area contributed by atoms with Crippen molar-refractivity contribution in [3.63, 3.8) is 0 Å². The molecule has 0 aliphatic carbocycles. The van der Waals surface area contributed by atoms with E-state index in [1.165, 1.54) is 22.2 Å². The molecule has 1 aliphatic heterocycles. The van der Waals surface area contributed by atoms with Gasteiger partial charge in [-0.25, -0.2) is 0 Å². The van der Waals surface area contributed by atoms with Gasteiger partial charge in [-0.3, -0.25) is 4.99 Å². The minimum atomic E-state index is 0.422. The van der Waals surface area contributed by atoms with Crippen molar-refractivity contribution in [1.29, 1.82) is 0 Å². The molecule has 3 aromatic rings. The van der Waals surface area contributed by atoms with E-state index in [2.05, 4.69) is 88.2 Å². The lowest BCUT2D eigenvalue weighted by Crippen LogP contribution is -2.44. The number of hydrogen-bond donors (Lipinski definition) is 3. The first-order valence-electron chi connectivity index (χ1n) is 10.2. The molecule has 2 aromatic carbocycles. The van der Waals surface area contributed by atoms with Crippen LogP contribution in [0.5, 0.6) is 0 Å². The summed E-state index contributed by atoms with van der Waals surface area (Å²) >= 11 is 0. The van der Waals surface area contributed by atoms with E-state index in [0.717, 1.165) is 45.0 Å². The van der Waals surface area contributed by atoms with Gasteiger partial charge in [0.15, 0.2) is 5.96 Å². The second-order valence-electron chi connectivity index (χ2n) is 7.28. The van der Waals surface area contributed by atoms with E-state index in [4.69, 9.17) is 4.99 Å². The summed E-state index contributed by atoms with van der Waals surface area (Å²) in [6.07, 6.45) is 4.17. The number of H-pyrrole nitrogens is 1. The molecule has 2 heterocycles. The Balaban J connectivity index is 1.35. The van der Waals surface area contributed by atoms with Gasteiger partial charge in [-0.1, -0.05) is 36.4 Å². The molecular formula is C23H29N5. The predicted molar refractivity (Wildman–Crippen MR) is 118 cm³/mol. The van der Waals surface area contributed by atoms with E-state index in [1.807, 2.05) is 0 Å². The molecule has 146 valence electrons. The van der Waals surface area contributed by atoms with E-state index >= 15 is 0 Å². The highest BCUT2D eigenvalue weighted by Crippen LogP contribution is 2.20. The molecule has 5 heteroatoms. The maximum atomic E-state index is 4.82. The summed E-state index contributed by atoms with van der Waals surface area (Å²) in [4.78, 5) is 10.6. The van der Waals surface area contributed by atoms with Gasteiger partial charge in [0, 0.05) is 55.0 Å². The van der Waals surface area contributed by atoms with Gasteiger partial charge in [0.2, 0.25) is 0 Å². The van der Waals surface area contributed by atoms with Crippen molar-refractivity contribution in [2.45, 2.75) is 25.8 Å². The Morgan fingerprint density at radius 3 is 2.82 bits per heavy atom. The summed E-state index contributed by atoms with van der Waals surface area (Å²) in [6, 6.07) is 19.5. The molecule has 1 unspecified atom stereocenters. The van der Waals surface area contributed by atoms with Gasteiger partial charge in [0.25, 0.3) is 0 Å². The van der Waals surface area contributed by atoms with Crippen LogP contribution in [-0.4, -0.2) is 43.2 Å².